The van der Waals surface area contributed by atoms with E-state index in [2.05, 4.69) is 33.8 Å². The number of benzene rings is 3. The van der Waals surface area contributed by atoms with Crippen LogP contribution in [-0.2, 0) is 16.7 Å². The largest absolute Gasteiger partial charge is 0.378 e. The molecule has 0 unspecified atom stereocenters. The fraction of sp³-hybridized carbons (Fsp3) is 0.217. The van der Waals surface area contributed by atoms with Crippen LogP contribution in [0.4, 0.5) is 11.4 Å². The average molecular weight is 455 g/mol. The van der Waals surface area contributed by atoms with Gasteiger partial charge in [-0.05, 0) is 41.8 Å². The summed E-state index contributed by atoms with van der Waals surface area (Å²) in [5.74, 6) is -0.273. The molecule has 0 saturated heterocycles. The summed E-state index contributed by atoms with van der Waals surface area (Å²) >= 11 is 1.62. The standard InChI is InChI=1S/C23H23N3O3S2/c1-25(2)19-11-9-18(10-12-19)24-16-22-26(14-5-15-31(27,28)29)23-20-7-4-3-6-17(20)8-13-21(23)30-22/h3-4,6-13,16H,5,14-15H2,1-2H3/p+1. The lowest BCUT2D eigenvalue weighted by atomic mass is 10.1. The van der Waals surface area contributed by atoms with Crippen LogP contribution in [0.1, 0.15) is 11.4 Å². The molecule has 0 aliphatic rings. The van der Waals surface area contributed by atoms with Crippen molar-refractivity contribution in [1.82, 2.24) is 0 Å². The number of aryl methyl sites for hydroxylation is 1. The number of aromatic nitrogens is 1. The second-order valence-corrected chi connectivity index (χ2v) is 10.2. The first-order chi connectivity index (χ1) is 14.8. The molecule has 0 fully saturated rings. The van der Waals surface area contributed by atoms with Gasteiger partial charge in [0.15, 0.2) is 6.54 Å². The van der Waals surface area contributed by atoms with Crippen molar-refractivity contribution in [3.8, 4) is 0 Å². The van der Waals surface area contributed by atoms with Crippen molar-refractivity contribution >= 4 is 60.0 Å². The number of rotatable bonds is 7. The van der Waals surface area contributed by atoms with E-state index in [1.54, 1.807) is 11.3 Å². The van der Waals surface area contributed by atoms with Gasteiger partial charge in [0, 0.05) is 26.2 Å². The van der Waals surface area contributed by atoms with Gasteiger partial charge in [0.1, 0.15) is 10.9 Å². The number of hydrogen-bond acceptors (Lipinski definition) is 5. The van der Waals surface area contributed by atoms with Crippen LogP contribution >= 0.6 is 11.3 Å². The van der Waals surface area contributed by atoms with Crippen LogP contribution in [0.3, 0.4) is 0 Å². The molecule has 0 saturated carbocycles. The first-order valence-corrected chi connectivity index (χ1v) is 12.3. The Morgan fingerprint density at radius 3 is 2.52 bits per heavy atom. The predicted molar refractivity (Wildman–Crippen MR) is 129 cm³/mol. The summed E-state index contributed by atoms with van der Waals surface area (Å²) < 4.78 is 34.8. The summed E-state index contributed by atoms with van der Waals surface area (Å²) in [6, 6.07) is 20.3. The van der Waals surface area contributed by atoms with E-state index in [4.69, 9.17) is 4.55 Å². The number of hydrogen-bond donors (Lipinski definition) is 1. The van der Waals surface area contributed by atoms with Crippen LogP contribution < -0.4 is 9.47 Å². The smallest absolute Gasteiger partial charge is 0.281 e. The van der Waals surface area contributed by atoms with Crippen molar-refractivity contribution in [2.75, 3.05) is 24.7 Å². The van der Waals surface area contributed by atoms with Gasteiger partial charge < -0.3 is 4.90 Å². The quantitative estimate of drug-likeness (QED) is 0.255. The van der Waals surface area contributed by atoms with Crippen LogP contribution in [0.2, 0.25) is 0 Å². The third-order valence-corrected chi connectivity index (χ3v) is 6.98. The highest BCUT2D eigenvalue weighted by atomic mass is 32.2. The highest BCUT2D eigenvalue weighted by Gasteiger charge is 2.22. The minimum atomic E-state index is -4.00. The molecule has 3 aromatic carbocycles. The second kappa shape index (κ2) is 8.74. The van der Waals surface area contributed by atoms with E-state index in [1.807, 2.05) is 61.6 Å². The van der Waals surface area contributed by atoms with E-state index >= 15 is 0 Å². The second-order valence-electron chi connectivity index (χ2n) is 7.53. The van der Waals surface area contributed by atoms with E-state index in [0.29, 0.717) is 13.0 Å². The number of thiazole rings is 1. The maximum absolute atomic E-state index is 11.2. The highest BCUT2D eigenvalue weighted by Crippen LogP contribution is 2.28. The van der Waals surface area contributed by atoms with Crippen LogP contribution in [0.5, 0.6) is 0 Å². The van der Waals surface area contributed by atoms with Gasteiger partial charge in [-0.3, -0.25) is 4.55 Å². The molecule has 0 aliphatic heterocycles. The molecule has 0 aliphatic carbocycles. The van der Waals surface area contributed by atoms with Crippen molar-refractivity contribution in [1.29, 1.82) is 0 Å². The van der Waals surface area contributed by atoms with Crippen LogP contribution in [0.15, 0.2) is 65.7 Å². The molecule has 0 spiro atoms. The zero-order valence-corrected chi connectivity index (χ0v) is 19.0. The van der Waals surface area contributed by atoms with Crippen molar-refractivity contribution in [3.05, 3.63) is 65.7 Å². The van der Waals surface area contributed by atoms with E-state index in [1.165, 1.54) is 0 Å². The van der Waals surface area contributed by atoms with Crippen LogP contribution in [0, 0.1) is 0 Å². The molecule has 0 bridgehead atoms. The Bertz CT molecular complexity index is 1360. The van der Waals surface area contributed by atoms with Gasteiger partial charge in [-0.1, -0.05) is 35.6 Å². The monoisotopic (exact) mass is 454 g/mol. The van der Waals surface area contributed by atoms with Gasteiger partial charge in [-0.2, -0.15) is 13.0 Å². The average Bonchev–Trinajstić information content (AvgIpc) is 3.09. The first-order valence-electron chi connectivity index (χ1n) is 9.92. The fourth-order valence-corrected chi connectivity index (χ4v) is 5.13. The van der Waals surface area contributed by atoms with Gasteiger partial charge in [0.25, 0.3) is 15.1 Å². The zero-order valence-electron chi connectivity index (χ0n) is 17.4. The van der Waals surface area contributed by atoms with Gasteiger partial charge in [-0.15, -0.1) is 0 Å². The lowest BCUT2D eigenvalue weighted by molar-refractivity contribution is -0.667. The van der Waals surface area contributed by atoms with Crippen molar-refractivity contribution in [2.24, 2.45) is 4.99 Å². The molecule has 6 nitrogen and oxygen atoms in total. The SMILES string of the molecule is CN(C)c1ccc(N=Cc2sc3ccc4ccccc4c3[n+]2CCCS(=O)(=O)O)cc1. The topological polar surface area (TPSA) is 73.8 Å². The summed E-state index contributed by atoms with van der Waals surface area (Å²) in [5, 5.41) is 3.16. The molecule has 0 atom stereocenters. The Balaban J connectivity index is 1.76. The third kappa shape index (κ3) is 4.92. The minimum absolute atomic E-state index is 0.273. The van der Waals surface area contributed by atoms with Crippen LogP contribution in [0.25, 0.3) is 21.0 Å². The molecule has 160 valence electrons. The van der Waals surface area contributed by atoms with E-state index < -0.39 is 10.1 Å². The van der Waals surface area contributed by atoms with E-state index in [0.717, 1.165) is 37.4 Å². The maximum atomic E-state index is 11.2. The zero-order chi connectivity index (χ0) is 22.0. The Hall–Kier alpha value is -2.81. The first kappa shape index (κ1) is 21.4. The van der Waals surface area contributed by atoms with Crippen molar-refractivity contribution in [3.63, 3.8) is 0 Å². The van der Waals surface area contributed by atoms with Gasteiger partial charge in [0.2, 0.25) is 5.52 Å². The molecule has 4 aromatic rings. The molecule has 1 N–H and O–H groups in total. The summed E-state index contributed by atoms with van der Waals surface area (Å²) in [7, 11) is -0.00929. The molecular formula is C23H24N3O3S2+. The molecular weight excluding hydrogens is 430 g/mol. The predicted octanol–water partition coefficient (Wildman–Crippen LogP) is 4.44. The Morgan fingerprint density at radius 2 is 1.81 bits per heavy atom. The van der Waals surface area contributed by atoms with Crippen LogP contribution in [-0.4, -0.2) is 39.0 Å². The molecule has 1 heterocycles. The molecule has 4 rings (SSSR count). The van der Waals surface area contributed by atoms with Crippen molar-refractivity contribution < 1.29 is 17.5 Å². The summed E-state index contributed by atoms with van der Waals surface area (Å²) in [6.07, 6.45) is 2.15. The summed E-state index contributed by atoms with van der Waals surface area (Å²) in [4.78, 5) is 6.68. The third-order valence-electron chi connectivity index (χ3n) is 5.09. The molecule has 0 radical (unpaired) electrons. The molecule has 0 amide bonds. The van der Waals surface area contributed by atoms with Gasteiger partial charge >= 0.3 is 0 Å². The minimum Gasteiger partial charge on any atom is -0.378 e. The Labute approximate surface area is 185 Å². The Kier molecular flexibility index (Phi) is 6.04. The number of nitrogens with zero attached hydrogens (tertiary/aromatic N) is 3. The maximum Gasteiger partial charge on any atom is 0.281 e. The number of anilines is 1. The summed E-state index contributed by atoms with van der Waals surface area (Å²) in [6.45, 7) is 0.467. The number of fused-ring (bicyclic) bond motifs is 3. The van der Waals surface area contributed by atoms with E-state index in [-0.39, 0.29) is 5.75 Å². The van der Waals surface area contributed by atoms with Crippen molar-refractivity contribution in [2.45, 2.75) is 13.0 Å². The molecule has 8 heteroatoms. The number of aliphatic imine (C=N–C) groups is 1. The normalized spacial score (nSPS) is 12.2. The van der Waals surface area contributed by atoms with Gasteiger partial charge in [0.05, 0.1) is 16.8 Å². The van der Waals surface area contributed by atoms with E-state index in [9.17, 15) is 8.42 Å². The lowest BCUT2D eigenvalue weighted by Gasteiger charge is -2.11. The fourth-order valence-electron chi connectivity index (χ4n) is 3.56. The Morgan fingerprint density at radius 1 is 1.06 bits per heavy atom. The lowest BCUT2D eigenvalue weighted by Crippen LogP contribution is -2.37. The molecule has 1 aromatic heterocycles. The molecule has 31 heavy (non-hydrogen) atoms. The van der Waals surface area contributed by atoms with Gasteiger partial charge in [-0.25, -0.2) is 4.99 Å². The highest BCUT2D eigenvalue weighted by molar-refractivity contribution is 7.85. The summed E-state index contributed by atoms with van der Waals surface area (Å²) in [5.41, 5.74) is 3.01.